The van der Waals surface area contributed by atoms with Gasteiger partial charge in [-0.1, -0.05) is 6.07 Å². The van der Waals surface area contributed by atoms with Crippen LogP contribution in [-0.4, -0.2) is 64.4 Å². The number of hydrogen-bond donors (Lipinski definition) is 2. The highest BCUT2D eigenvalue weighted by molar-refractivity contribution is 5.87. The molecule has 4 rings (SSSR count). The first-order chi connectivity index (χ1) is 13.1. The van der Waals surface area contributed by atoms with E-state index in [0.29, 0.717) is 19.5 Å². The summed E-state index contributed by atoms with van der Waals surface area (Å²) in [5.74, 6) is 2.42. The van der Waals surface area contributed by atoms with E-state index in [4.69, 9.17) is 0 Å². The molecule has 0 unspecified atom stereocenters. The Kier molecular flexibility index (Phi) is 4.72. The first-order valence-electron chi connectivity index (χ1n) is 8.99. The summed E-state index contributed by atoms with van der Waals surface area (Å²) in [6.07, 6.45) is 5.40. The van der Waals surface area contributed by atoms with Crippen LogP contribution in [-0.2, 0) is 0 Å². The predicted octanol–water partition coefficient (Wildman–Crippen LogP) is 1.54. The van der Waals surface area contributed by atoms with Gasteiger partial charge in [0, 0.05) is 51.0 Å². The molecule has 0 saturated carbocycles. The highest BCUT2D eigenvalue weighted by Gasteiger charge is 2.32. The minimum atomic E-state index is -0.381. The molecule has 8 heteroatoms. The number of anilines is 3. The first kappa shape index (κ1) is 17.4. The maximum Gasteiger partial charge on any atom is 0.152 e. The molecule has 4 heterocycles. The van der Waals surface area contributed by atoms with Crippen LogP contribution in [0.25, 0.3) is 10.9 Å². The van der Waals surface area contributed by atoms with Crippen LogP contribution in [0.2, 0.25) is 0 Å². The summed E-state index contributed by atoms with van der Waals surface area (Å²) >= 11 is 0. The Morgan fingerprint density at radius 1 is 1.19 bits per heavy atom. The van der Waals surface area contributed by atoms with Crippen molar-refractivity contribution in [2.75, 3.05) is 42.3 Å². The topological polar surface area (TPSA) is 90.3 Å². The first-order valence-corrected chi connectivity index (χ1v) is 8.99. The molecule has 0 spiro atoms. The average molecular weight is 365 g/mol. The minimum absolute atomic E-state index is 0.102. The smallest absolute Gasteiger partial charge is 0.152 e. The molecule has 140 valence electrons. The highest BCUT2D eigenvalue weighted by atomic mass is 16.3. The normalized spacial score (nSPS) is 19.4. The Hall–Kier alpha value is -3.00. The Balaban J connectivity index is 1.54. The summed E-state index contributed by atoms with van der Waals surface area (Å²) in [5.41, 5.74) is 0.849. The molecule has 3 aromatic rings. The third kappa shape index (κ3) is 3.61. The van der Waals surface area contributed by atoms with E-state index in [1.165, 1.54) is 0 Å². The van der Waals surface area contributed by atoms with E-state index in [-0.39, 0.29) is 12.1 Å². The number of pyridine rings is 2. The number of nitrogens with one attached hydrogen (secondary N) is 1. The third-order valence-corrected chi connectivity index (χ3v) is 4.81. The number of hydrogen-bond acceptors (Lipinski definition) is 8. The van der Waals surface area contributed by atoms with Gasteiger partial charge in [-0.15, -0.1) is 0 Å². The number of nitrogens with zero attached hydrogens (tertiary/aromatic N) is 6. The average Bonchev–Trinajstić information content (AvgIpc) is 3.07. The van der Waals surface area contributed by atoms with E-state index in [0.717, 1.165) is 28.4 Å². The van der Waals surface area contributed by atoms with Crippen molar-refractivity contribution in [3.8, 4) is 0 Å². The Morgan fingerprint density at radius 2 is 2.07 bits per heavy atom. The number of fused-ring (bicyclic) bond motifs is 1. The molecule has 0 aliphatic carbocycles. The molecule has 2 N–H and O–H groups in total. The van der Waals surface area contributed by atoms with Gasteiger partial charge in [0.1, 0.15) is 23.5 Å². The zero-order chi connectivity index (χ0) is 18.8. The second-order valence-electron chi connectivity index (χ2n) is 6.94. The van der Waals surface area contributed by atoms with Gasteiger partial charge >= 0.3 is 0 Å². The summed E-state index contributed by atoms with van der Waals surface area (Å²) in [6.45, 7) is 1.19. The van der Waals surface area contributed by atoms with E-state index in [2.05, 4.69) is 30.2 Å². The molecule has 27 heavy (non-hydrogen) atoms. The van der Waals surface area contributed by atoms with Crippen molar-refractivity contribution in [2.45, 2.75) is 18.6 Å². The van der Waals surface area contributed by atoms with Crippen molar-refractivity contribution in [1.82, 2.24) is 19.9 Å². The summed E-state index contributed by atoms with van der Waals surface area (Å²) in [6, 6.07) is 7.93. The molecular formula is C19H23N7O. The minimum Gasteiger partial charge on any atom is -0.391 e. The van der Waals surface area contributed by atoms with Gasteiger partial charge in [0.2, 0.25) is 0 Å². The van der Waals surface area contributed by atoms with Gasteiger partial charge < -0.3 is 20.2 Å². The molecular weight excluding hydrogens is 342 g/mol. The largest absolute Gasteiger partial charge is 0.391 e. The lowest BCUT2D eigenvalue weighted by Crippen LogP contribution is -2.36. The molecule has 1 aliphatic rings. The summed E-state index contributed by atoms with van der Waals surface area (Å²) < 4.78 is 0. The second kappa shape index (κ2) is 7.32. The van der Waals surface area contributed by atoms with E-state index >= 15 is 0 Å². The van der Waals surface area contributed by atoms with Crippen molar-refractivity contribution in [3.63, 3.8) is 0 Å². The number of aromatic nitrogens is 4. The zero-order valence-electron chi connectivity index (χ0n) is 15.4. The lowest BCUT2D eigenvalue weighted by atomic mass is 10.2. The standard InChI is InChI=1S/C19H23N7O/c1-25(2)16-9-17(24-12-23-16)26-11-15(27)8-14(26)10-22-19-18-13(5-7-21-19)4-3-6-20-18/h3-7,9,12,14-15,27H,8,10-11H2,1-2H3,(H,21,22)/t14-,15-/m1/s1. The maximum absolute atomic E-state index is 10.2. The monoisotopic (exact) mass is 365 g/mol. The van der Waals surface area contributed by atoms with E-state index < -0.39 is 0 Å². The van der Waals surface area contributed by atoms with Crippen LogP contribution >= 0.6 is 0 Å². The fraction of sp³-hybridized carbons (Fsp3) is 0.368. The molecule has 8 nitrogen and oxygen atoms in total. The molecule has 1 saturated heterocycles. The van der Waals surface area contributed by atoms with Crippen molar-refractivity contribution in [1.29, 1.82) is 0 Å². The Bertz CT molecular complexity index is 927. The second-order valence-corrected chi connectivity index (χ2v) is 6.94. The van der Waals surface area contributed by atoms with E-state index in [1.54, 1.807) is 18.7 Å². The van der Waals surface area contributed by atoms with Gasteiger partial charge in [-0.25, -0.2) is 15.0 Å². The SMILES string of the molecule is CN(C)c1cc(N2C[C@H](O)C[C@@H]2CNc2nccc3cccnc23)ncn1. The van der Waals surface area contributed by atoms with Crippen LogP contribution in [0.3, 0.4) is 0 Å². The number of rotatable bonds is 5. The van der Waals surface area contributed by atoms with Crippen LogP contribution in [0.1, 0.15) is 6.42 Å². The van der Waals surface area contributed by atoms with Crippen LogP contribution in [0, 0.1) is 0 Å². The predicted molar refractivity (Wildman–Crippen MR) is 106 cm³/mol. The van der Waals surface area contributed by atoms with Gasteiger partial charge in [-0.2, -0.15) is 0 Å². The molecule has 1 aliphatic heterocycles. The van der Waals surface area contributed by atoms with Crippen molar-refractivity contribution in [2.24, 2.45) is 0 Å². The zero-order valence-corrected chi connectivity index (χ0v) is 15.4. The van der Waals surface area contributed by atoms with E-state index in [9.17, 15) is 5.11 Å². The van der Waals surface area contributed by atoms with Crippen LogP contribution < -0.4 is 15.1 Å². The Labute approximate surface area is 157 Å². The number of aliphatic hydroxyl groups is 1. The lowest BCUT2D eigenvalue weighted by molar-refractivity contribution is 0.194. The van der Waals surface area contributed by atoms with Gasteiger partial charge in [0.15, 0.2) is 5.82 Å². The number of β-amino-alcohol motifs (C(OH)–C–C–N with tert-alkyl or cyclic N) is 1. The molecule has 0 radical (unpaired) electrons. The van der Waals surface area contributed by atoms with Crippen LogP contribution in [0.15, 0.2) is 43.0 Å². The lowest BCUT2D eigenvalue weighted by Gasteiger charge is -2.26. The Morgan fingerprint density at radius 3 is 2.93 bits per heavy atom. The maximum atomic E-state index is 10.2. The highest BCUT2D eigenvalue weighted by Crippen LogP contribution is 2.26. The van der Waals surface area contributed by atoms with Crippen LogP contribution in [0.4, 0.5) is 17.5 Å². The fourth-order valence-electron chi connectivity index (χ4n) is 3.45. The van der Waals surface area contributed by atoms with Gasteiger partial charge in [-0.05, 0) is 18.6 Å². The summed E-state index contributed by atoms with van der Waals surface area (Å²) in [4.78, 5) is 21.6. The van der Waals surface area contributed by atoms with Crippen molar-refractivity contribution in [3.05, 3.63) is 43.0 Å². The van der Waals surface area contributed by atoms with E-state index in [1.807, 2.05) is 43.3 Å². The fourth-order valence-corrected chi connectivity index (χ4v) is 3.45. The molecule has 2 atom stereocenters. The van der Waals surface area contributed by atoms with Crippen molar-refractivity contribution < 1.29 is 5.11 Å². The molecule has 0 bridgehead atoms. The van der Waals surface area contributed by atoms with Gasteiger partial charge in [0.05, 0.1) is 12.1 Å². The van der Waals surface area contributed by atoms with Crippen molar-refractivity contribution >= 4 is 28.4 Å². The molecule has 3 aromatic heterocycles. The van der Waals surface area contributed by atoms with Crippen LogP contribution in [0.5, 0.6) is 0 Å². The van der Waals surface area contributed by atoms with Gasteiger partial charge in [0.25, 0.3) is 0 Å². The van der Waals surface area contributed by atoms with Gasteiger partial charge in [-0.3, -0.25) is 4.98 Å². The number of aliphatic hydroxyl groups excluding tert-OH is 1. The quantitative estimate of drug-likeness (QED) is 0.704. The molecule has 0 amide bonds. The summed E-state index contributed by atoms with van der Waals surface area (Å²) in [5, 5.41) is 14.7. The molecule has 1 fully saturated rings. The third-order valence-electron chi connectivity index (χ3n) is 4.81. The summed E-state index contributed by atoms with van der Waals surface area (Å²) in [7, 11) is 3.90. The molecule has 0 aromatic carbocycles.